The molecular weight excluding hydrogens is 214 g/mol. The van der Waals surface area contributed by atoms with E-state index in [2.05, 4.69) is 0 Å². The SMILES string of the molecule is N[C@H](C(=O)O)C(C(=O)O)c1ccc(O)cc1. The molecule has 0 fully saturated rings. The van der Waals surface area contributed by atoms with Gasteiger partial charge in [-0.1, -0.05) is 12.1 Å². The zero-order valence-electron chi connectivity index (χ0n) is 8.20. The Kier molecular flexibility index (Phi) is 3.47. The van der Waals surface area contributed by atoms with Crippen LogP contribution in [0.2, 0.25) is 0 Å². The molecule has 1 unspecified atom stereocenters. The maximum atomic E-state index is 10.9. The Morgan fingerprint density at radius 1 is 1.06 bits per heavy atom. The Morgan fingerprint density at radius 2 is 1.56 bits per heavy atom. The Labute approximate surface area is 90.9 Å². The molecule has 0 amide bonds. The summed E-state index contributed by atoms with van der Waals surface area (Å²) in [6.07, 6.45) is 0. The number of carbonyl (C=O) groups is 2. The van der Waals surface area contributed by atoms with E-state index in [1.54, 1.807) is 0 Å². The number of phenols is 1. The second kappa shape index (κ2) is 4.63. The van der Waals surface area contributed by atoms with Crippen molar-refractivity contribution < 1.29 is 24.9 Å². The van der Waals surface area contributed by atoms with Gasteiger partial charge in [0.1, 0.15) is 17.7 Å². The van der Waals surface area contributed by atoms with Crippen LogP contribution in [-0.4, -0.2) is 33.3 Å². The summed E-state index contributed by atoms with van der Waals surface area (Å²) in [5, 5.41) is 26.6. The number of carboxylic acid groups (broad SMARTS) is 2. The van der Waals surface area contributed by atoms with Gasteiger partial charge in [0, 0.05) is 0 Å². The Morgan fingerprint density at radius 3 is 1.94 bits per heavy atom. The highest BCUT2D eigenvalue weighted by molar-refractivity contribution is 5.86. The first-order chi connectivity index (χ1) is 7.43. The number of rotatable bonds is 4. The summed E-state index contributed by atoms with van der Waals surface area (Å²) in [7, 11) is 0. The molecule has 0 spiro atoms. The van der Waals surface area contributed by atoms with Crippen LogP contribution in [0.5, 0.6) is 5.75 Å². The van der Waals surface area contributed by atoms with Crippen molar-refractivity contribution in [2.24, 2.45) is 5.73 Å². The molecule has 1 aromatic carbocycles. The Bertz CT molecular complexity index is 400. The zero-order chi connectivity index (χ0) is 12.3. The molecule has 1 aromatic rings. The van der Waals surface area contributed by atoms with Crippen LogP contribution in [0, 0.1) is 0 Å². The minimum Gasteiger partial charge on any atom is -0.508 e. The van der Waals surface area contributed by atoms with Crippen molar-refractivity contribution in [1.29, 1.82) is 0 Å². The summed E-state index contributed by atoms with van der Waals surface area (Å²) in [4.78, 5) is 21.6. The van der Waals surface area contributed by atoms with Gasteiger partial charge in [-0.3, -0.25) is 9.59 Å². The molecular formula is C10H11NO5. The summed E-state index contributed by atoms with van der Waals surface area (Å²) in [5.74, 6) is -4.07. The van der Waals surface area contributed by atoms with E-state index >= 15 is 0 Å². The van der Waals surface area contributed by atoms with E-state index < -0.39 is 23.9 Å². The van der Waals surface area contributed by atoms with E-state index in [1.165, 1.54) is 24.3 Å². The molecule has 0 radical (unpaired) electrons. The van der Waals surface area contributed by atoms with Crippen LogP contribution in [0.25, 0.3) is 0 Å². The summed E-state index contributed by atoms with van der Waals surface area (Å²) in [5.41, 5.74) is 5.53. The highest BCUT2D eigenvalue weighted by Crippen LogP contribution is 2.21. The minimum atomic E-state index is -1.53. The smallest absolute Gasteiger partial charge is 0.321 e. The van der Waals surface area contributed by atoms with Crippen LogP contribution in [0.15, 0.2) is 24.3 Å². The molecule has 0 saturated carbocycles. The molecule has 1 rings (SSSR count). The van der Waals surface area contributed by atoms with Gasteiger partial charge in [0.05, 0.1) is 0 Å². The first-order valence-electron chi connectivity index (χ1n) is 4.43. The third-order valence-electron chi connectivity index (χ3n) is 2.16. The van der Waals surface area contributed by atoms with Crippen LogP contribution < -0.4 is 5.73 Å². The van der Waals surface area contributed by atoms with Gasteiger partial charge >= 0.3 is 11.9 Å². The van der Waals surface area contributed by atoms with Crippen molar-refractivity contribution in [3.63, 3.8) is 0 Å². The number of benzene rings is 1. The third-order valence-corrected chi connectivity index (χ3v) is 2.16. The van der Waals surface area contributed by atoms with Crippen molar-refractivity contribution in [3.05, 3.63) is 29.8 Å². The molecule has 0 heterocycles. The maximum absolute atomic E-state index is 10.9. The quantitative estimate of drug-likeness (QED) is 0.571. The van der Waals surface area contributed by atoms with Crippen LogP contribution in [0.3, 0.4) is 0 Å². The van der Waals surface area contributed by atoms with Crippen LogP contribution in [0.1, 0.15) is 11.5 Å². The molecule has 6 nitrogen and oxygen atoms in total. The molecule has 16 heavy (non-hydrogen) atoms. The molecule has 5 N–H and O–H groups in total. The van der Waals surface area contributed by atoms with Crippen molar-refractivity contribution in [3.8, 4) is 5.75 Å². The van der Waals surface area contributed by atoms with Gasteiger partial charge < -0.3 is 21.1 Å². The fraction of sp³-hybridized carbons (Fsp3) is 0.200. The fourth-order valence-corrected chi connectivity index (χ4v) is 1.33. The summed E-state index contributed by atoms with van der Waals surface area (Å²) >= 11 is 0. The van der Waals surface area contributed by atoms with E-state index in [4.69, 9.17) is 21.1 Å². The largest absolute Gasteiger partial charge is 0.508 e. The molecule has 2 atom stereocenters. The second-order valence-corrected chi connectivity index (χ2v) is 3.27. The van der Waals surface area contributed by atoms with Gasteiger partial charge in [-0.2, -0.15) is 0 Å². The number of hydrogen-bond donors (Lipinski definition) is 4. The van der Waals surface area contributed by atoms with Crippen LogP contribution in [0.4, 0.5) is 0 Å². The summed E-state index contributed by atoms with van der Waals surface area (Å²) in [6, 6.07) is 3.69. The number of hydrogen-bond acceptors (Lipinski definition) is 4. The first kappa shape index (κ1) is 12.0. The number of aromatic hydroxyl groups is 1. The number of phenolic OH excluding ortho intramolecular Hbond substituents is 1. The fourth-order valence-electron chi connectivity index (χ4n) is 1.33. The van der Waals surface area contributed by atoms with Crippen molar-refractivity contribution in [2.75, 3.05) is 0 Å². The van der Waals surface area contributed by atoms with Gasteiger partial charge in [-0.25, -0.2) is 0 Å². The average molecular weight is 225 g/mol. The molecule has 6 heteroatoms. The molecule has 86 valence electrons. The van der Waals surface area contributed by atoms with Crippen LogP contribution >= 0.6 is 0 Å². The maximum Gasteiger partial charge on any atom is 0.321 e. The lowest BCUT2D eigenvalue weighted by atomic mass is 9.92. The normalized spacial score (nSPS) is 14.1. The third kappa shape index (κ3) is 2.48. The van der Waals surface area contributed by atoms with E-state index in [0.717, 1.165) is 0 Å². The standard InChI is InChI=1S/C10H11NO5/c11-8(10(15)16)7(9(13)14)5-1-3-6(12)4-2-5/h1-4,7-8,12H,11H2,(H,13,14)(H,15,16)/t7?,8-/m0/s1. The van der Waals surface area contributed by atoms with E-state index in [0.29, 0.717) is 0 Å². The van der Waals surface area contributed by atoms with Gasteiger partial charge in [-0.05, 0) is 17.7 Å². The molecule has 0 aromatic heterocycles. The molecule has 0 bridgehead atoms. The van der Waals surface area contributed by atoms with Gasteiger partial charge in [0.15, 0.2) is 0 Å². The van der Waals surface area contributed by atoms with Gasteiger partial charge in [0.25, 0.3) is 0 Å². The predicted molar refractivity (Wildman–Crippen MR) is 54.1 cm³/mol. The number of nitrogens with two attached hydrogens (primary N) is 1. The molecule has 0 aliphatic rings. The van der Waals surface area contributed by atoms with Gasteiger partial charge in [0.2, 0.25) is 0 Å². The van der Waals surface area contributed by atoms with Crippen LogP contribution in [-0.2, 0) is 9.59 Å². The molecule has 0 aliphatic heterocycles. The van der Waals surface area contributed by atoms with Crippen molar-refractivity contribution in [1.82, 2.24) is 0 Å². The molecule has 0 aliphatic carbocycles. The second-order valence-electron chi connectivity index (χ2n) is 3.27. The van der Waals surface area contributed by atoms with E-state index in [-0.39, 0.29) is 11.3 Å². The molecule has 0 saturated heterocycles. The Balaban J connectivity index is 3.07. The average Bonchev–Trinajstić information content (AvgIpc) is 2.20. The topological polar surface area (TPSA) is 121 Å². The van der Waals surface area contributed by atoms with E-state index in [9.17, 15) is 9.59 Å². The van der Waals surface area contributed by atoms with Gasteiger partial charge in [-0.15, -0.1) is 0 Å². The number of aliphatic carboxylic acids is 2. The lowest BCUT2D eigenvalue weighted by Gasteiger charge is -2.16. The lowest BCUT2D eigenvalue weighted by molar-refractivity contribution is -0.146. The zero-order valence-corrected chi connectivity index (χ0v) is 8.20. The van der Waals surface area contributed by atoms with Crippen molar-refractivity contribution >= 4 is 11.9 Å². The van der Waals surface area contributed by atoms with E-state index in [1.807, 2.05) is 0 Å². The van der Waals surface area contributed by atoms with Crippen molar-refractivity contribution in [2.45, 2.75) is 12.0 Å². The minimum absolute atomic E-state index is 0.0308. The summed E-state index contributed by atoms with van der Waals surface area (Å²) in [6.45, 7) is 0. The number of carboxylic acids is 2. The highest BCUT2D eigenvalue weighted by Gasteiger charge is 2.31. The monoisotopic (exact) mass is 225 g/mol. The predicted octanol–water partition coefficient (Wildman–Crippen LogP) is -0.0277. The first-order valence-corrected chi connectivity index (χ1v) is 4.43. The summed E-state index contributed by atoms with van der Waals surface area (Å²) < 4.78 is 0. The highest BCUT2D eigenvalue weighted by atomic mass is 16.4. The lowest BCUT2D eigenvalue weighted by Crippen LogP contribution is -2.40. The Hall–Kier alpha value is -2.08.